The predicted molar refractivity (Wildman–Crippen MR) is 118 cm³/mol. The highest BCUT2D eigenvalue weighted by Gasteiger charge is 2.27. The molecule has 0 N–H and O–H groups in total. The van der Waals surface area contributed by atoms with Crippen LogP contribution < -0.4 is 4.90 Å². The summed E-state index contributed by atoms with van der Waals surface area (Å²) in [6, 6.07) is 11.0. The normalized spacial score (nSPS) is 14.4. The van der Waals surface area contributed by atoms with E-state index in [2.05, 4.69) is 9.88 Å². The van der Waals surface area contributed by atoms with Crippen LogP contribution in [0.5, 0.6) is 0 Å². The van der Waals surface area contributed by atoms with Gasteiger partial charge in [0, 0.05) is 26.2 Å². The Hall–Kier alpha value is -3.39. The smallest absolute Gasteiger partial charge is 0.289 e. The van der Waals surface area contributed by atoms with Crippen LogP contribution in [0.15, 0.2) is 47.1 Å². The molecule has 4 heterocycles. The number of carbonyl (C=O) groups excluding carboxylic acids is 1. The van der Waals surface area contributed by atoms with Gasteiger partial charge in [0.1, 0.15) is 11.6 Å². The summed E-state index contributed by atoms with van der Waals surface area (Å²) in [5, 5.41) is 6.23. The van der Waals surface area contributed by atoms with E-state index in [0.29, 0.717) is 42.8 Å². The Kier molecular flexibility index (Phi) is 4.86. The van der Waals surface area contributed by atoms with Gasteiger partial charge < -0.3 is 14.2 Å². The Morgan fingerprint density at radius 2 is 1.81 bits per heavy atom. The fourth-order valence-electron chi connectivity index (χ4n) is 3.97. The Morgan fingerprint density at radius 3 is 2.52 bits per heavy atom. The maximum atomic E-state index is 12.6. The number of amides is 1. The van der Waals surface area contributed by atoms with Gasteiger partial charge in [-0.1, -0.05) is 23.7 Å². The zero-order chi connectivity index (χ0) is 21.5. The fraction of sp³-hybridized carbons (Fsp3) is 0.273. The van der Waals surface area contributed by atoms with Crippen LogP contribution in [0.25, 0.3) is 16.7 Å². The number of piperazine rings is 1. The van der Waals surface area contributed by atoms with Gasteiger partial charge in [-0.3, -0.25) is 4.79 Å². The standard InChI is InChI=1S/C22H21ClN6O2/c1-14-19-20(27-9-11-28(12-10-27)22(30)18-8-5-13-31-18)24-15(2)25-21(19)29(26-14)17-7-4-3-6-16(17)23/h3-8,13H,9-12H2,1-2H3. The van der Waals surface area contributed by atoms with Crippen molar-refractivity contribution in [2.45, 2.75) is 13.8 Å². The van der Waals surface area contributed by atoms with Gasteiger partial charge in [-0.15, -0.1) is 0 Å². The molecule has 1 aliphatic rings. The summed E-state index contributed by atoms with van der Waals surface area (Å²) in [6.45, 7) is 6.32. The van der Waals surface area contributed by atoms with Crippen LogP contribution in [-0.4, -0.2) is 56.7 Å². The third kappa shape index (κ3) is 3.42. The van der Waals surface area contributed by atoms with Crippen molar-refractivity contribution in [3.63, 3.8) is 0 Å². The number of fused-ring (bicyclic) bond motifs is 1. The molecular formula is C22H21ClN6O2. The number of para-hydroxylation sites is 1. The Morgan fingerprint density at radius 1 is 1.03 bits per heavy atom. The molecule has 9 heteroatoms. The maximum absolute atomic E-state index is 12.6. The van der Waals surface area contributed by atoms with Crippen molar-refractivity contribution in [2.75, 3.05) is 31.1 Å². The average Bonchev–Trinajstić information content (AvgIpc) is 3.42. The van der Waals surface area contributed by atoms with E-state index in [-0.39, 0.29) is 5.91 Å². The van der Waals surface area contributed by atoms with E-state index in [1.165, 1.54) is 6.26 Å². The lowest BCUT2D eigenvalue weighted by molar-refractivity contribution is 0.0714. The van der Waals surface area contributed by atoms with Gasteiger partial charge in [-0.05, 0) is 38.1 Å². The van der Waals surface area contributed by atoms with Crippen molar-refractivity contribution < 1.29 is 9.21 Å². The Labute approximate surface area is 184 Å². The zero-order valence-corrected chi connectivity index (χ0v) is 18.0. The number of hydrogen-bond donors (Lipinski definition) is 0. The van der Waals surface area contributed by atoms with Gasteiger partial charge in [-0.25, -0.2) is 14.6 Å². The minimum Gasteiger partial charge on any atom is -0.459 e. The number of furan rings is 1. The molecule has 0 radical (unpaired) electrons. The summed E-state index contributed by atoms with van der Waals surface area (Å²) < 4.78 is 7.04. The molecule has 1 aromatic carbocycles. The number of aromatic nitrogens is 4. The molecule has 0 spiro atoms. The molecule has 0 saturated carbocycles. The number of rotatable bonds is 3. The summed E-state index contributed by atoms with van der Waals surface area (Å²) in [4.78, 5) is 26.0. The van der Waals surface area contributed by atoms with E-state index < -0.39 is 0 Å². The molecule has 0 atom stereocenters. The third-order valence-electron chi connectivity index (χ3n) is 5.47. The number of aryl methyl sites for hydroxylation is 2. The minimum atomic E-state index is -0.0867. The lowest BCUT2D eigenvalue weighted by Crippen LogP contribution is -2.49. The predicted octanol–water partition coefficient (Wildman–Crippen LogP) is 3.64. The van der Waals surface area contributed by atoms with Crippen LogP contribution in [-0.2, 0) is 0 Å². The van der Waals surface area contributed by atoms with Crippen molar-refractivity contribution >= 4 is 34.4 Å². The van der Waals surface area contributed by atoms with E-state index in [0.717, 1.165) is 28.2 Å². The maximum Gasteiger partial charge on any atom is 0.289 e. The second-order valence-corrected chi connectivity index (χ2v) is 7.91. The molecule has 0 aliphatic carbocycles. The largest absolute Gasteiger partial charge is 0.459 e. The Balaban J connectivity index is 1.49. The number of benzene rings is 1. The van der Waals surface area contributed by atoms with Crippen molar-refractivity contribution in [1.29, 1.82) is 0 Å². The van der Waals surface area contributed by atoms with Crippen LogP contribution in [0.3, 0.4) is 0 Å². The van der Waals surface area contributed by atoms with E-state index >= 15 is 0 Å². The van der Waals surface area contributed by atoms with E-state index in [1.54, 1.807) is 21.7 Å². The first-order valence-electron chi connectivity index (χ1n) is 10.1. The molecule has 1 aliphatic heterocycles. The fourth-order valence-corrected chi connectivity index (χ4v) is 4.18. The molecule has 0 bridgehead atoms. The summed E-state index contributed by atoms with van der Waals surface area (Å²) in [5.74, 6) is 1.77. The van der Waals surface area contributed by atoms with Gasteiger partial charge in [0.05, 0.1) is 28.1 Å². The molecule has 1 fully saturated rings. The number of anilines is 1. The van der Waals surface area contributed by atoms with E-state index in [4.69, 9.17) is 26.1 Å². The summed E-state index contributed by atoms with van der Waals surface area (Å²) in [7, 11) is 0. The monoisotopic (exact) mass is 436 g/mol. The first-order valence-corrected chi connectivity index (χ1v) is 10.5. The first-order chi connectivity index (χ1) is 15.0. The van der Waals surface area contributed by atoms with Crippen molar-refractivity contribution in [3.8, 4) is 5.69 Å². The summed E-state index contributed by atoms with van der Waals surface area (Å²) in [5.41, 5.74) is 2.33. The molecule has 5 rings (SSSR count). The molecule has 158 valence electrons. The van der Waals surface area contributed by atoms with Crippen LogP contribution in [0.4, 0.5) is 5.82 Å². The van der Waals surface area contributed by atoms with Crippen LogP contribution >= 0.6 is 11.6 Å². The van der Waals surface area contributed by atoms with Gasteiger partial charge in [-0.2, -0.15) is 5.10 Å². The highest BCUT2D eigenvalue weighted by Crippen LogP contribution is 2.31. The first kappa shape index (κ1) is 19.6. The number of hydrogen-bond acceptors (Lipinski definition) is 6. The Bertz CT molecular complexity index is 1260. The van der Waals surface area contributed by atoms with Crippen LogP contribution in [0.2, 0.25) is 5.02 Å². The van der Waals surface area contributed by atoms with E-state index in [9.17, 15) is 4.79 Å². The number of carbonyl (C=O) groups is 1. The van der Waals surface area contributed by atoms with Crippen molar-refractivity contribution in [3.05, 3.63) is 65.0 Å². The second kappa shape index (κ2) is 7.70. The molecule has 8 nitrogen and oxygen atoms in total. The van der Waals surface area contributed by atoms with Gasteiger partial charge in [0.15, 0.2) is 11.4 Å². The number of halogens is 1. The number of nitrogens with zero attached hydrogens (tertiary/aromatic N) is 6. The summed E-state index contributed by atoms with van der Waals surface area (Å²) in [6.07, 6.45) is 1.52. The second-order valence-electron chi connectivity index (χ2n) is 7.50. The quantitative estimate of drug-likeness (QED) is 0.487. The topological polar surface area (TPSA) is 80.3 Å². The molecule has 1 saturated heterocycles. The average molecular weight is 437 g/mol. The minimum absolute atomic E-state index is 0.0867. The molecule has 1 amide bonds. The lowest BCUT2D eigenvalue weighted by atomic mass is 10.2. The van der Waals surface area contributed by atoms with E-state index in [1.807, 2.05) is 38.1 Å². The van der Waals surface area contributed by atoms with Gasteiger partial charge in [0.25, 0.3) is 5.91 Å². The molecule has 3 aromatic heterocycles. The highest BCUT2D eigenvalue weighted by molar-refractivity contribution is 6.32. The molecule has 31 heavy (non-hydrogen) atoms. The summed E-state index contributed by atoms with van der Waals surface area (Å²) >= 11 is 6.42. The third-order valence-corrected chi connectivity index (χ3v) is 5.79. The lowest BCUT2D eigenvalue weighted by Gasteiger charge is -2.35. The van der Waals surface area contributed by atoms with Gasteiger partial charge in [0.2, 0.25) is 0 Å². The van der Waals surface area contributed by atoms with Crippen molar-refractivity contribution in [2.24, 2.45) is 0 Å². The molecule has 0 unspecified atom stereocenters. The SMILES string of the molecule is Cc1nc(N2CCN(C(=O)c3ccco3)CC2)c2c(C)nn(-c3ccccc3Cl)c2n1. The van der Waals surface area contributed by atoms with Crippen LogP contribution in [0, 0.1) is 13.8 Å². The van der Waals surface area contributed by atoms with Crippen LogP contribution in [0.1, 0.15) is 22.1 Å². The molecule has 4 aromatic rings. The molecular weight excluding hydrogens is 416 g/mol. The highest BCUT2D eigenvalue weighted by atomic mass is 35.5. The van der Waals surface area contributed by atoms with Crippen molar-refractivity contribution in [1.82, 2.24) is 24.6 Å². The zero-order valence-electron chi connectivity index (χ0n) is 17.2. The van der Waals surface area contributed by atoms with Gasteiger partial charge >= 0.3 is 0 Å².